The molecule has 3 heteroatoms. The Kier molecular flexibility index (Phi) is 4.56. The van der Waals surface area contributed by atoms with Crippen LogP contribution in [0.4, 0.5) is 5.82 Å². The van der Waals surface area contributed by atoms with Crippen LogP contribution in [0.15, 0.2) is 24.4 Å². The van der Waals surface area contributed by atoms with Crippen molar-refractivity contribution in [3.63, 3.8) is 0 Å². The van der Waals surface area contributed by atoms with Gasteiger partial charge in [0.1, 0.15) is 5.82 Å². The molecule has 0 aliphatic carbocycles. The summed E-state index contributed by atoms with van der Waals surface area (Å²) in [6.45, 7) is 8.65. The van der Waals surface area contributed by atoms with Crippen LogP contribution < -0.4 is 4.90 Å². The molecule has 1 unspecified atom stereocenters. The van der Waals surface area contributed by atoms with Gasteiger partial charge in [0.05, 0.1) is 0 Å². The van der Waals surface area contributed by atoms with Gasteiger partial charge in [0.25, 0.3) is 0 Å². The third kappa shape index (κ3) is 3.51. The maximum atomic E-state index is 4.51. The standard InChI is InChI=1S/C17H27N3/c1-15-7-11-19(12-8-15)13-16-5-4-10-20(14-16)17-6-2-3-9-18-17/h2-3,6,9,15-16H,4-5,7-8,10-14H2,1H3. The topological polar surface area (TPSA) is 19.4 Å². The molecule has 3 nitrogen and oxygen atoms in total. The molecule has 3 rings (SSSR count). The van der Waals surface area contributed by atoms with Gasteiger partial charge in [0.15, 0.2) is 0 Å². The van der Waals surface area contributed by atoms with Crippen LogP contribution >= 0.6 is 0 Å². The predicted molar refractivity (Wildman–Crippen MR) is 84.0 cm³/mol. The van der Waals surface area contributed by atoms with Gasteiger partial charge in [0, 0.05) is 25.8 Å². The van der Waals surface area contributed by atoms with Crippen molar-refractivity contribution >= 4 is 5.82 Å². The van der Waals surface area contributed by atoms with Crippen LogP contribution in [-0.2, 0) is 0 Å². The first-order chi connectivity index (χ1) is 9.81. The van der Waals surface area contributed by atoms with E-state index < -0.39 is 0 Å². The van der Waals surface area contributed by atoms with Gasteiger partial charge in [-0.2, -0.15) is 0 Å². The first-order valence-corrected chi connectivity index (χ1v) is 8.19. The third-order valence-electron chi connectivity index (χ3n) is 4.88. The average Bonchev–Trinajstić information content (AvgIpc) is 2.51. The van der Waals surface area contributed by atoms with E-state index >= 15 is 0 Å². The Balaban J connectivity index is 1.53. The van der Waals surface area contributed by atoms with Gasteiger partial charge in [-0.15, -0.1) is 0 Å². The molecule has 0 amide bonds. The predicted octanol–water partition coefficient (Wildman–Crippen LogP) is 3.03. The fourth-order valence-electron chi connectivity index (χ4n) is 3.57. The lowest BCUT2D eigenvalue weighted by atomic mass is 9.94. The Bertz CT molecular complexity index is 398. The monoisotopic (exact) mass is 273 g/mol. The molecule has 0 aromatic carbocycles. The van der Waals surface area contributed by atoms with Gasteiger partial charge >= 0.3 is 0 Å². The number of nitrogens with zero attached hydrogens (tertiary/aromatic N) is 3. The van der Waals surface area contributed by atoms with E-state index in [1.165, 1.54) is 58.4 Å². The largest absolute Gasteiger partial charge is 0.356 e. The molecule has 0 spiro atoms. The van der Waals surface area contributed by atoms with Gasteiger partial charge in [0.2, 0.25) is 0 Å². The van der Waals surface area contributed by atoms with Crippen molar-refractivity contribution in [3.8, 4) is 0 Å². The molecule has 2 aliphatic heterocycles. The molecule has 1 aromatic heterocycles. The highest BCUT2D eigenvalue weighted by molar-refractivity contribution is 5.38. The Labute approximate surface area is 123 Å². The summed E-state index contributed by atoms with van der Waals surface area (Å²) in [7, 11) is 0. The van der Waals surface area contributed by atoms with E-state index in [1.807, 2.05) is 12.3 Å². The zero-order valence-corrected chi connectivity index (χ0v) is 12.7. The van der Waals surface area contributed by atoms with Gasteiger partial charge in [-0.05, 0) is 62.7 Å². The number of anilines is 1. The molecule has 110 valence electrons. The van der Waals surface area contributed by atoms with Gasteiger partial charge in [-0.1, -0.05) is 13.0 Å². The lowest BCUT2D eigenvalue weighted by Crippen LogP contribution is -2.43. The van der Waals surface area contributed by atoms with Gasteiger partial charge in [-0.25, -0.2) is 4.98 Å². The maximum absolute atomic E-state index is 4.51. The molecule has 0 radical (unpaired) electrons. The van der Waals surface area contributed by atoms with Crippen LogP contribution in [0.2, 0.25) is 0 Å². The van der Waals surface area contributed by atoms with E-state index in [0.29, 0.717) is 0 Å². The second-order valence-electron chi connectivity index (χ2n) is 6.63. The lowest BCUT2D eigenvalue weighted by molar-refractivity contribution is 0.159. The molecule has 1 aromatic rings. The van der Waals surface area contributed by atoms with Crippen molar-refractivity contribution in [2.24, 2.45) is 11.8 Å². The molecule has 0 N–H and O–H groups in total. The molecule has 0 bridgehead atoms. The number of aromatic nitrogens is 1. The Morgan fingerprint density at radius 2 is 2.00 bits per heavy atom. The van der Waals surface area contributed by atoms with E-state index in [0.717, 1.165) is 17.7 Å². The van der Waals surface area contributed by atoms with Crippen molar-refractivity contribution in [1.82, 2.24) is 9.88 Å². The summed E-state index contributed by atoms with van der Waals surface area (Å²) < 4.78 is 0. The highest BCUT2D eigenvalue weighted by atomic mass is 15.2. The molecule has 3 heterocycles. The summed E-state index contributed by atoms with van der Waals surface area (Å²) in [5, 5.41) is 0. The van der Waals surface area contributed by atoms with Crippen molar-refractivity contribution in [1.29, 1.82) is 0 Å². The third-order valence-corrected chi connectivity index (χ3v) is 4.88. The van der Waals surface area contributed by atoms with E-state index in [1.54, 1.807) is 0 Å². The van der Waals surface area contributed by atoms with E-state index in [-0.39, 0.29) is 0 Å². The minimum absolute atomic E-state index is 0.819. The second kappa shape index (κ2) is 6.57. The zero-order valence-electron chi connectivity index (χ0n) is 12.7. The first kappa shape index (κ1) is 13.9. The highest BCUT2D eigenvalue weighted by Gasteiger charge is 2.24. The van der Waals surface area contributed by atoms with Gasteiger partial charge in [-0.3, -0.25) is 0 Å². The van der Waals surface area contributed by atoms with Crippen LogP contribution in [0.3, 0.4) is 0 Å². The number of pyridine rings is 1. The molecular formula is C17H27N3. The molecule has 2 fully saturated rings. The number of likely N-dealkylation sites (tertiary alicyclic amines) is 1. The van der Waals surface area contributed by atoms with Crippen molar-refractivity contribution in [2.75, 3.05) is 37.6 Å². The molecule has 0 saturated carbocycles. The second-order valence-corrected chi connectivity index (χ2v) is 6.63. The first-order valence-electron chi connectivity index (χ1n) is 8.19. The normalized spacial score (nSPS) is 25.9. The average molecular weight is 273 g/mol. The van der Waals surface area contributed by atoms with Crippen molar-refractivity contribution in [2.45, 2.75) is 32.6 Å². The molecule has 2 saturated heterocycles. The van der Waals surface area contributed by atoms with Crippen LogP contribution in [-0.4, -0.2) is 42.6 Å². The number of rotatable bonds is 3. The minimum Gasteiger partial charge on any atom is -0.356 e. The summed E-state index contributed by atoms with van der Waals surface area (Å²) in [6.07, 6.45) is 7.37. The summed E-state index contributed by atoms with van der Waals surface area (Å²) in [4.78, 5) is 9.67. The van der Waals surface area contributed by atoms with E-state index in [9.17, 15) is 0 Å². The van der Waals surface area contributed by atoms with Crippen LogP contribution in [0.25, 0.3) is 0 Å². The van der Waals surface area contributed by atoms with Crippen LogP contribution in [0, 0.1) is 11.8 Å². The fourth-order valence-corrected chi connectivity index (χ4v) is 3.57. The van der Waals surface area contributed by atoms with E-state index in [2.05, 4.69) is 33.8 Å². The maximum Gasteiger partial charge on any atom is 0.128 e. The summed E-state index contributed by atoms with van der Waals surface area (Å²) in [5.41, 5.74) is 0. The lowest BCUT2D eigenvalue weighted by Gasteiger charge is -2.38. The zero-order chi connectivity index (χ0) is 13.8. The number of hydrogen-bond acceptors (Lipinski definition) is 3. The highest BCUT2D eigenvalue weighted by Crippen LogP contribution is 2.24. The molecule has 20 heavy (non-hydrogen) atoms. The van der Waals surface area contributed by atoms with Crippen LogP contribution in [0.1, 0.15) is 32.6 Å². The Morgan fingerprint density at radius 3 is 2.75 bits per heavy atom. The Morgan fingerprint density at radius 1 is 1.15 bits per heavy atom. The Hall–Kier alpha value is -1.09. The van der Waals surface area contributed by atoms with Crippen molar-refractivity contribution < 1.29 is 0 Å². The van der Waals surface area contributed by atoms with Crippen LogP contribution in [0.5, 0.6) is 0 Å². The molecular weight excluding hydrogens is 246 g/mol. The number of piperidine rings is 2. The SMILES string of the molecule is CC1CCN(CC2CCCN(c3ccccn3)C2)CC1. The summed E-state index contributed by atoms with van der Waals surface area (Å²) in [5.74, 6) is 2.91. The number of hydrogen-bond donors (Lipinski definition) is 0. The molecule has 1 atom stereocenters. The quantitative estimate of drug-likeness (QED) is 0.844. The fraction of sp³-hybridized carbons (Fsp3) is 0.706. The van der Waals surface area contributed by atoms with Gasteiger partial charge < -0.3 is 9.80 Å². The smallest absolute Gasteiger partial charge is 0.128 e. The van der Waals surface area contributed by atoms with Crippen molar-refractivity contribution in [3.05, 3.63) is 24.4 Å². The van der Waals surface area contributed by atoms with E-state index in [4.69, 9.17) is 0 Å². The molecule has 2 aliphatic rings. The summed E-state index contributed by atoms with van der Waals surface area (Å²) >= 11 is 0. The summed E-state index contributed by atoms with van der Waals surface area (Å²) in [6, 6.07) is 6.24. The minimum atomic E-state index is 0.819.